The van der Waals surface area contributed by atoms with Crippen molar-refractivity contribution in [2.75, 3.05) is 19.0 Å². The molecule has 1 aromatic heterocycles. The molecular formula is C14H22N4O2. The Balaban J connectivity index is 2.27. The van der Waals surface area contributed by atoms with E-state index in [4.69, 9.17) is 4.74 Å². The topological polar surface area (TPSA) is 76.1 Å². The van der Waals surface area contributed by atoms with Crippen LogP contribution in [0.25, 0.3) is 0 Å². The number of rotatable bonds is 5. The fourth-order valence-corrected chi connectivity index (χ4v) is 2.71. The lowest BCUT2D eigenvalue weighted by atomic mass is 9.78. The zero-order chi connectivity index (χ0) is 14.8. The van der Waals surface area contributed by atoms with Gasteiger partial charge in [0.05, 0.1) is 7.11 Å². The predicted octanol–water partition coefficient (Wildman–Crippen LogP) is 1.51. The highest BCUT2D eigenvalue weighted by atomic mass is 16.5. The summed E-state index contributed by atoms with van der Waals surface area (Å²) in [6.45, 7) is 6.78. The average Bonchev–Trinajstić information content (AvgIpc) is 2.76. The molecule has 1 unspecified atom stereocenters. The maximum absolute atomic E-state index is 12.1. The third-order valence-corrected chi connectivity index (χ3v) is 4.21. The molecule has 1 fully saturated rings. The van der Waals surface area contributed by atoms with E-state index in [1.165, 1.54) is 0 Å². The molecule has 0 saturated carbocycles. The lowest BCUT2D eigenvalue weighted by Gasteiger charge is -2.31. The van der Waals surface area contributed by atoms with Crippen LogP contribution in [0.4, 0.5) is 5.95 Å². The van der Waals surface area contributed by atoms with E-state index in [0.717, 1.165) is 18.5 Å². The number of anilines is 1. The number of nitrogens with one attached hydrogen (secondary N) is 2. The molecule has 6 heteroatoms. The number of nitrogens with zero attached hydrogens (tertiary/aromatic N) is 2. The van der Waals surface area contributed by atoms with Gasteiger partial charge in [-0.25, -0.2) is 4.98 Å². The number of carbonyl (C=O) groups excluding carboxylic acids is 1. The van der Waals surface area contributed by atoms with Gasteiger partial charge in [-0.1, -0.05) is 13.8 Å². The van der Waals surface area contributed by atoms with Crippen LogP contribution in [0.15, 0.2) is 6.07 Å². The van der Waals surface area contributed by atoms with Crippen molar-refractivity contribution in [2.45, 2.75) is 39.7 Å². The number of aryl methyl sites for hydroxylation is 1. The van der Waals surface area contributed by atoms with Crippen molar-refractivity contribution in [3.63, 3.8) is 0 Å². The molecular weight excluding hydrogens is 256 g/mol. The molecule has 1 amide bonds. The number of amides is 1. The quantitative estimate of drug-likeness (QED) is 0.854. The monoisotopic (exact) mass is 278 g/mol. The minimum Gasteiger partial charge on any atom is -0.481 e. The Morgan fingerprint density at radius 3 is 2.75 bits per heavy atom. The Kier molecular flexibility index (Phi) is 4.11. The largest absolute Gasteiger partial charge is 0.481 e. The number of aromatic nitrogens is 2. The normalized spacial score (nSPS) is 20.6. The van der Waals surface area contributed by atoms with E-state index >= 15 is 0 Å². The Hall–Kier alpha value is -1.85. The van der Waals surface area contributed by atoms with E-state index in [9.17, 15) is 4.79 Å². The fraction of sp³-hybridized carbons (Fsp3) is 0.643. The molecule has 0 radical (unpaired) electrons. The molecule has 0 aliphatic carbocycles. The zero-order valence-electron chi connectivity index (χ0n) is 12.5. The van der Waals surface area contributed by atoms with E-state index < -0.39 is 0 Å². The van der Waals surface area contributed by atoms with Crippen LogP contribution in [-0.2, 0) is 4.79 Å². The number of ether oxygens (including phenoxy) is 1. The van der Waals surface area contributed by atoms with Crippen LogP contribution < -0.4 is 15.4 Å². The van der Waals surface area contributed by atoms with Crippen molar-refractivity contribution in [2.24, 2.45) is 5.41 Å². The summed E-state index contributed by atoms with van der Waals surface area (Å²) in [6, 6.07) is 1.45. The van der Waals surface area contributed by atoms with Gasteiger partial charge in [-0.05, 0) is 19.8 Å². The van der Waals surface area contributed by atoms with Crippen LogP contribution in [0.2, 0.25) is 0 Å². The molecule has 110 valence electrons. The lowest BCUT2D eigenvalue weighted by Crippen LogP contribution is -2.41. The van der Waals surface area contributed by atoms with E-state index in [-0.39, 0.29) is 17.4 Å². The summed E-state index contributed by atoms with van der Waals surface area (Å²) in [7, 11) is 1.57. The second-order valence-corrected chi connectivity index (χ2v) is 5.24. The highest BCUT2D eigenvalue weighted by Crippen LogP contribution is 2.35. The summed E-state index contributed by atoms with van der Waals surface area (Å²) >= 11 is 0. The van der Waals surface area contributed by atoms with E-state index in [0.29, 0.717) is 18.4 Å². The highest BCUT2D eigenvalue weighted by molar-refractivity contribution is 5.87. The van der Waals surface area contributed by atoms with Crippen molar-refractivity contribution in [3.05, 3.63) is 11.8 Å². The summed E-state index contributed by atoms with van der Waals surface area (Å²) in [6.07, 6.45) is 1.84. The molecule has 1 atom stereocenters. The van der Waals surface area contributed by atoms with Gasteiger partial charge in [0.15, 0.2) is 0 Å². The van der Waals surface area contributed by atoms with E-state index in [1.54, 1.807) is 13.2 Å². The molecule has 1 aliphatic rings. The summed E-state index contributed by atoms with van der Waals surface area (Å²) in [5.74, 6) is 0.949. The Labute approximate surface area is 119 Å². The molecule has 1 aromatic rings. The molecule has 0 bridgehead atoms. The number of hydrogen-bond donors (Lipinski definition) is 2. The first-order valence-corrected chi connectivity index (χ1v) is 6.98. The van der Waals surface area contributed by atoms with Gasteiger partial charge in [-0.3, -0.25) is 4.79 Å². The van der Waals surface area contributed by atoms with Gasteiger partial charge in [0.1, 0.15) is 6.04 Å². The average molecular weight is 278 g/mol. The van der Waals surface area contributed by atoms with Gasteiger partial charge in [0.2, 0.25) is 17.7 Å². The second-order valence-electron chi connectivity index (χ2n) is 5.24. The minimum absolute atomic E-state index is 0.0118. The van der Waals surface area contributed by atoms with Crippen molar-refractivity contribution < 1.29 is 9.53 Å². The highest BCUT2D eigenvalue weighted by Gasteiger charge is 2.46. The van der Waals surface area contributed by atoms with Crippen LogP contribution in [-0.4, -0.2) is 35.6 Å². The number of carbonyl (C=O) groups is 1. The Bertz CT molecular complexity index is 500. The summed E-state index contributed by atoms with van der Waals surface area (Å²) < 4.78 is 5.14. The van der Waals surface area contributed by atoms with Crippen molar-refractivity contribution in [1.82, 2.24) is 15.3 Å². The first-order valence-electron chi connectivity index (χ1n) is 6.98. The van der Waals surface area contributed by atoms with Gasteiger partial charge >= 0.3 is 0 Å². The third-order valence-electron chi connectivity index (χ3n) is 4.21. The minimum atomic E-state index is -0.302. The number of methoxy groups -OCH3 is 1. The van der Waals surface area contributed by atoms with Gasteiger partial charge < -0.3 is 15.4 Å². The van der Waals surface area contributed by atoms with Crippen LogP contribution in [0.5, 0.6) is 5.88 Å². The Morgan fingerprint density at radius 2 is 2.15 bits per heavy atom. The van der Waals surface area contributed by atoms with Crippen LogP contribution in [0, 0.1) is 12.3 Å². The third kappa shape index (κ3) is 2.55. The molecule has 2 N–H and O–H groups in total. The van der Waals surface area contributed by atoms with Gasteiger partial charge in [-0.2, -0.15) is 4.98 Å². The van der Waals surface area contributed by atoms with Gasteiger partial charge in [-0.15, -0.1) is 0 Å². The predicted molar refractivity (Wildman–Crippen MR) is 76.8 cm³/mol. The number of hydrogen-bond acceptors (Lipinski definition) is 5. The molecule has 0 aromatic carbocycles. The first-order chi connectivity index (χ1) is 9.54. The summed E-state index contributed by atoms with van der Waals surface area (Å²) in [5.41, 5.74) is 0.716. The second kappa shape index (κ2) is 5.64. The maximum Gasteiger partial charge on any atom is 0.243 e. The van der Waals surface area contributed by atoms with Crippen LogP contribution in [0.1, 0.15) is 32.4 Å². The van der Waals surface area contributed by atoms with Crippen LogP contribution >= 0.6 is 0 Å². The molecule has 6 nitrogen and oxygen atoms in total. The molecule has 2 rings (SSSR count). The maximum atomic E-state index is 12.1. The molecule has 1 aliphatic heterocycles. The van der Waals surface area contributed by atoms with Gasteiger partial charge in [0.25, 0.3) is 0 Å². The Morgan fingerprint density at radius 1 is 1.45 bits per heavy atom. The SMILES string of the molecule is CCC1(CC)CNC(=O)C1Nc1nc(C)cc(OC)n1. The zero-order valence-corrected chi connectivity index (χ0v) is 12.5. The van der Waals surface area contributed by atoms with Crippen LogP contribution in [0.3, 0.4) is 0 Å². The van der Waals surface area contributed by atoms with Gasteiger partial charge in [0, 0.05) is 23.7 Å². The standard InChI is InChI=1S/C14H22N4O2/c1-5-14(6-2)8-15-12(19)11(14)18-13-16-9(3)7-10(17-13)20-4/h7,11H,5-6,8H2,1-4H3,(H,15,19)(H,16,17,18). The fourth-order valence-electron chi connectivity index (χ4n) is 2.71. The smallest absolute Gasteiger partial charge is 0.243 e. The van der Waals surface area contributed by atoms with Crippen molar-refractivity contribution in [1.29, 1.82) is 0 Å². The molecule has 1 saturated heterocycles. The molecule has 20 heavy (non-hydrogen) atoms. The molecule has 2 heterocycles. The lowest BCUT2D eigenvalue weighted by molar-refractivity contribution is -0.120. The molecule has 0 spiro atoms. The van der Waals surface area contributed by atoms with E-state index in [1.807, 2.05) is 6.92 Å². The van der Waals surface area contributed by atoms with Crippen molar-refractivity contribution >= 4 is 11.9 Å². The summed E-state index contributed by atoms with van der Waals surface area (Å²) in [4.78, 5) is 20.7. The van der Waals surface area contributed by atoms with E-state index in [2.05, 4.69) is 34.4 Å². The first kappa shape index (κ1) is 14.6. The van der Waals surface area contributed by atoms with Crippen molar-refractivity contribution in [3.8, 4) is 5.88 Å². The summed E-state index contributed by atoms with van der Waals surface area (Å²) in [5, 5.41) is 6.12.